The van der Waals surface area contributed by atoms with E-state index < -0.39 is 11.2 Å². The van der Waals surface area contributed by atoms with Gasteiger partial charge in [-0.1, -0.05) is 23.7 Å². The summed E-state index contributed by atoms with van der Waals surface area (Å²) in [6, 6.07) is 10.0. The highest BCUT2D eigenvalue weighted by molar-refractivity contribution is 6.40. The molecule has 0 bridgehead atoms. The Hall–Kier alpha value is -2.51. The number of hydrogen-bond donors (Lipinski definition) is 2. The lowest BCUT2D eigenvalue weighted by molar-refractivity contribution is -0.129. The molecule has 33 heavy (non-hydrogen) atoms. The van der Waals surface area contributed by atoms with E-state index in [-0.39, 0.29) is 22.2 Å². The van der Waals surface area contributed by atoms with Crippen molar-refractivity contribution in [2.45, 2.75) is 36.9 Å². The van der Waals surface area contributed by atoms with E-state index in [9.17, 15) is 14.0 Å². The van der Waals surface area contributed by atoms with Crippen molar-refractivity contribution in [1.82, 2.24) is 15.2 Å². The topological polar surface area (TPSA) is 78.3 Å². The van der Waals surface area contributed by atoms with Gasteiger partial charge in [-0.15, -0.1) is 0 Å². The van der Waals surface area contributed by atoms with Crippen LogP contribution in [0.25, 0.3) is 11.1 Å². The SMILES string of the molecule is O=c1[nH]c2ccc(C3CCNCC3)cc2o1.[B]C([B])(c1ccc(Cl)cc1F)N1CCCC1=O. The van der Waals surface area contributed by atoms with Crippen LogP contribution in [0.2, 0.25) is 5.02 Å². The molecule has 2 saturated heterocycles. The highest BCUT2D eigenvalue weighted by Crippen LogP contribution is 2.30. The van der Waals surface area contributed by atoms with Crippen LogP contribution >= 0.6 is 11.6 Å². The monoisotopic (exact) mass is 465 g/mol. The van der Waals surface area contributed by atoms with Gasteiger partial charge in [-0.05, 0) is 79.0 Å². The standard InChI is InChI=1S/C12H14N2O2.C11H9B2ClFNO/c15-12-14-10-2-1-9(7-11(10)16-12)8-3-5-13-6-4-8;12-11(13,16-5-1-2-10(16)17)8-4-3-7(14)6-9(8)15/h1-2,7-8,13H,3-6H2,(H,14,15);3-4,6H,1-2,5H2. The number of rotatable bonds is 3. The second-order valence-corrected chi connectivity index (χ2v) is 8.83. The molecule has 3 heterocycles. The Kier molecular flexibility index (Phi) is 7.00. The van der Waals surface area contributed by atoms with E-state index in [1.807, 2.05) is 12.1 Å². The van der Waals surface area contributed by atoms with E-state index in [4.69, 9.17) is 31.7 Å². The van der Waals surface area contributed by atoms with Gasteiger partial charge >= 0.3 is 5.76 Å². The Bertz CT molecular complexity index is 1210. The number of aromatic nitrogens is 1. The number of benzene rings is 2. The fraction of sp³-hybridized carbons (Fsp3) is 0.391. The molecule has 2 aliphatic heterocycles. The molecule has 2 aliphatic rings. The van der Waals surface area contributed by atoms with Gasteiger partial charge < -0.3 is 14.6 Å². The van der Waals surface area contributed by atoms with E-state index in [1.54, 1.807) is 0 Å². The summed E-state index contributed by atoms with van der Waals surface area (Å²) in [5, 5.41) is 1.98. The van der Waals surface area contributed by atoms with Gasteiger partial charge in [0.1, 0.15) is 5.82 Å². The average molecular weight is 466 g/mol. The maximum Gasteiger partial charge on any atom is 0.417 e. The van der Waals surface area contributed by atoms with Crippen LogP contribution < -0.4 is 11.1 Å². The Morgan fingerprint density at radius 1 is 1.12 bits per heavy atom. The van der Waals surface area contributed by atoms with E-state index >= 15 is 0 Å². The third-order valence-electron chi connectivity index (χ3n) is 6.14. The van der Waals surface area contributed by atoms with Crippen molar-refractivity contribution in [3.8, 4) is 0 Å². The zero-order valence-electron chi connectivity index (χ0n) is 18.1. The molecule has 0 atom stereocenters. The van der Waals surface area contributed by atoms with Gasteiger partial charge in [0, 0.05) is 18.0 Å². The quantitative estimate of drug-likeness (QED) is 0.583. The van der Waals surface area contributed by atoms with E-state index in [0.29, 0.717) is 30.9 Å². The Balaban J connectivity index is 0.000000157. The van der Waals surface area contributed by atoms with E-state index in [2.05, 4.69) is 16.4 Å². The number of carbonyl (C=O) groups excluding carboxylic acids is 1. The number of fused-ring (bicyclic) bond motifs is 1. The van der Waals surface area contributed by atoms with Crippen molar-refractivity contribution in [3.05, 3.63) is 68.9 Å². The smallest absolute Gasteiger partial charge is 0.408 e. The molecule has 2 aromatic carbocycles. The molecular weight excluding hydrogens is 442 g/mol. The summed E-state index contributed by atoms with van der Waals surface area (Å²) in [5.74, 6) is -0.560. The molecule has 0 unspecified atom stereocenters. The summed E-state index contributed by atoms with van der Waals surface area (Å²) in [6.45, 7) is 2.58. The highest BCUT2D eigenvalue weighted by Gasteiger charge is 2.35. The first kappa shape index (κ1) is 23.6. The van der Waals surface area contributed by atoms with Crippen molar-refractivity contribution in [2.24, 2.45) is 0 Å². The van der Waals surface area contributed by atoms with Gasteiger partial charge in [-0.25, -0.2) is 9.18 Å². The lowest BCUT2D eigenvalue weighted by Crippen LogP contribution is -2.48. The van der Waals surface area contributed by atoms with Crippen LogP contribution in [0.5, 0.6) is 0 Å². The van der Waals surface area contributed by atoms with Gasteiger partial charge in [0.2, 0.25) is 5.91 Å². The minimum Gasteiger partial charge on any atom is -0.408 e. The number of aromatic amines is 1. The van der Waals surface area contributed by atoms with Crippen LogP contribution in [0.15, 0.2) is 45.6 Å². The lowest BCUT2D eigenvalue weighted by atomic mass is 9.57. The molecule has 5 rings (SSSR count). The number of oxazole rings is 1. The van der Waals surface area contributed by atoms with Crippen molar-refractivity contribution in [2.75, 3.05) is 19.6 Å². The molecule has 4 radical (unpaired) electrons. The van der Waals surface area contributed by atoms with Crippen molar-refractivity contribution >= 4 is 44.3 Å². The Labute approximate surface area is 198 Å². The first-order valence-electron chi connectivity index (χ1n) is 10.9. The fourth-order valence-electron chi connectivity index (χ4n) is 4.37. The summed E-state index contributed by atoms with van der Waals surface area (Å²) < 4.78 is 18.8. The van der Waals surface area contributed by atoms with Crippen molar-refractivity contribution < 1.29 is 13.6 Å². The summed E-state index contributed by atoms with van der Waals surface area (Å²) in [7, 11) is 11.8. The molecule has 2 fully saturated rings. The van der Waals surface area contributed by atoms with E-state index in [0.717, 1.165) is 37.5 Å². The van der Waals surface area contributed by atoms with Gasteiger partial charge in [0.25, 0.3) is 0 Å². The maximum atomic E-state index is 13.7. The largest absolute Gasteiger partial charge is 0.417 e. The van der Waals surface area contributed by atoms with Crippen LogP contribution in [0.1, 0.15) is 42.7 Å². The van der Waals surface area contributed by atoms with Gasteiger partial charge in [0.05, 0.1) is 21.2 Å². The number of likely N-dealkylation sites (tertiary alicyclic amines) is 1. The third-order valence-corrected chi connectivity index (χ3v) is 6.37. The summed E-state index contributed by atoms with van der Waals surface area (Å²) in [5.41, 5.74) is 2.79. The Morgan fingerprint density at radius 2 is 1.88 bits per heavy atom. The molecule has 0 spiro atoms. The van der Waals surface area contributed by atoms with Gasteiger partial charge in [-0.3, -0.25) is 9.78 Å². The van der Waals surface area contributed by atoms with E-state index in [1.165, 1.54) is 22.6 Å². The van der Waals surface area contributed by atoms with Gasteiger partial charge in [-0.2, -0.15) is 0 Å². The second-order valence-electron chi connectivity index (χ2n) is 8.39. The summed E-state index contributed by atoms with van der Waals surface area (Å²) in [6.07, 6.45) is 3.38. The van der Waals surface area contributed by atoms with Crippen LogP contribution in [0, 0.1) is 5.82 Å². The van der Waals surface area contributed by atoms with Crippen LogP contribution in [-0.2, 0) is 10.1 Å². The second kappa shape index (κ2) is 9.77. The number of piperidine rings is 1. The summed E-state index contributed by atoms with van der Waals surface area (Å²) in [4.78, 5) is 26.6. The van der Waals surface area contributed by atoms with Crippen LogP contribution in [-0.4, -0.2) is 51.1 Å². The predicted molar refractivity (Wildman–Crippen MR) is 127 cm³/mol. The molecule has 168 valence electrons. The van der Waals surface area contributed by atoms with Crippen molar-refractivity contribution in [1.29, 1.82) is 0 Å². The highest BCUT2D eigenvalue weighted by atomic mass is 35.5. The first-order valence-corrected chi connectivity index (χ1v) is 11.3. The molecule has 1 aromatic heterocycles. The first-order chi connectivity index (χ1) is 15.8. The molecule has 0 saturated carbocycles. The molecule has 1 amide bonds. The average Bonchev–Trinajstić information content (AvgIpc) is 3.38. The number of amides is 1. The number of nitrogens with one attached hydrogen (secondary N) is 2. The minimum absolute atomic E-state index is 0.0668. The molecule has 3 aromatic rings. The molecule has 10 heteroatoms. The molecule has 2 N–H and O–H groups in total. The maximum absolute atomic E-state index is 13.7. The molecule has 6 nitrogen and oxygen atoms in total. The van der Waals surface area contributed by atoms with Crippen LogP contribution in [0.3, 0.4) is 0 Å². The fourth-order valence-corrected chi connectivity index (χ4v) is 4.53. The molecule has 0 aliphatic carbocycles. The van der Waals surface area contributed by atoms with Crippen molar-refractivity contribution in [3.63, 3.8) is 0 Å². The zero-order chi connectivity index (χ0) is 23.6. The molecular formula is C23H23B2ClFN3O3. The summed E-state index contributed by atoms with van der Waals surface area (Å²) >= 11 is 5.65. The minimum atomic E-state index is -1.62. The normalized spacial score (nSPS) is 17.3. The number of carbonyl (C=O) groups is 1. The van der Waals surface area contributed by atoms with Crippen LogP contribution in [0.4, 0.5) is 4.39 Å². The third kappa shape index (κ3) is 5.20. The number of nitrogens with zero attached hydrogens (tertiary/aromatic N) is 1. The zero-order valence-corrected chi connectivity index (χ0v) is 18.8. The van der Waals surface area contributed by atoms with Gasteiger partial charge in [0.15, 0.2) is 5.58 Å². The number of halogens is 2. The predicted octanol–water partition coefficient (Wildman–Crippen LogP) is 3.14. The number of hydrogen-bond acceptors (Lipinski definition) is 4. The Morgan fingerprint density at radius 3 is 2.55 bits per heavy atom. The number of H-pyrrole nitrogens is 1. The lowest BCUT2D eigenvalue weighted by Gasteiger charge is -2.37.